The quantitative estimate of drug-likeness (QED) is 0.421. The van der Waals surface area contributed by atoms with E-state index in [1.54, 1.807) is 31.5 Å². The highest BCUT2D eigenvalue weighted by atomic mass is 19.1. The minimum atomic E-state index is -0.686. The van der Waals surface area contributed by atoms with Crippen LogP contribution in [0.15, 0.2) is 18.2 Å². The third-order valence-electron chi connectivity index (χ3n) is 7.52. The van der Waals surface area contributed by atoms with Gasteiger partial charge in [-0.25, -0.2) is 4.39 Å². The number of aliphatic hydroxyl groups excluding tert-OH is 1. The molecule has 0 radical (unpaired) electrons. The molecule has 2 aliphatic rings. The molecule has 0 spiro atoms. The highest BCUT2D eigenvalue weighted by Crippen LogP contribution is 2.39. The Morgan fingerprint density at radius 2 is 1.69 bits per heavy atom. The molecule has 3 N–H and O–H groups in total. The van der Waals surface area contributed by atoms with Crippen molar-refractivity contribution in [3.63, 3.8) is 0 Å². The molecule has 2 fully saturated rings. The van der Waals surface area contributed by atoms with E-state index < -0.39 is 11.7 Å². The molecular weight excluding hydrogens is 449 g/mol. The number of aryl methyl sites for hydroxylation is 1. The van der Waals surface area contributed by atoms with Crippen molar-refractivity contribution in [3.8, 4) is 0 Å². The van der Waals surface area contributed by atoms with Crippen LogP contribution in [0.2, 0.25) is 0 Å². The van der Waals surface area contributed by atoms with E-state index in [2.05, 4.69) is 10.6 Å². The average molecular weight is 484 g/mol. The summed E-state index contributed by atoms with van der Waals surface area (Å²) >= 11 is 0. The summed E-state index contributed by atoms with van der Waals surface area (Å²) in [6, 6.07) is 4.24. The molecule has 188 valence electrons. The number of aliphatic hydroxyl groups is 1. The minimum absolute atomic E-state index is 0.124. The van der Waals surface area contributed by atoms with Crippen molar-refractivity contribution in [1.29, 1.82) is 0 Å². The van der Waals surface area contributed by atoms with Crippen LogP contribution in [0.5, 0.6) is 0 Å². The monoisotopic (exact) mass is 483 g/mol. The van der Waals surface area contributed by atoms with Crippen molar-refractivity contribution in [2.75, 3.05) is 5.32 Å². The number of aromatic nitrogens is 1. The number of halogens is 1. The lowest BCUT2D eigenvalue weighted by molar-refractivity contribution is -0.118. The first-order valence-electron chi connectivity index (χ1n) is 12.5. The van der Waals surface area contributed by atoms with Crippen molar-refractivity contribution < 1.29 is 23.9 Å². The summed E-state index contributed by atoms with van der Waals surface area (Å²) in [5, 5.41) is 15.4. The number of hydrogen-bond donors (Lipinski definition) is 3. The van der Waals surface area contributed by atoms with Gasteiger partial charge >= 0.3 is 0 Å². The van der Waals surface area contributed by atoms with Crippen LogP contribution >= 0.6 is 0 Å². The standard InChI is InChI=1S/C27H34FN3O4/c1-15-14-19(10-13-21(15)28)30-26(34)22-16(2)23(31(3)24(22)17-6-4-5-7-17)25(33)27(35)29-18-8-11-20(32)12-9-18/h10,13-14,17-18,20,32H,4-9,11-12H2,1-3H3,(H,29,35)(H,30,34)/t18-,20+. The van der Waals surface area contributed by atoms with Crippen LogP contribution < -0.4 is 10.6 Å². The fourth-order valence-corrected chi connectivity index (χ4v) is 5.63. The number of hydrogen-bond acceptors (Lipinski definition) is 4. The van der Waals surface area contributed by atoms with Gasteiger partial charge in [0.05, 0.1) is 17.4 Å². The van der Waals surface area contributed by atoms with Gasteiger partial charge in [0.15, 0.2) is 0 Å². The zero-order valence-electron chi connectivity index (χ0n) is 20.6. The molecule has 0 bridgehead atoms. The first kappa shape index (κ1) is 25.1. The molecule has 1 aromatic carbocycles. The number of Topliss-reactive ketones (excluding diaryl/α,β-unsaturated/α-hetero) is 1. The summed E-state index contributed by atoms with van der Waals surface area (Å²) in [5.41, 5.74) is 2.78. The smallest absolute Gasteiger partial charge is 0.294 e. The van der Waals surface area contributed by atoms with E-state index in [-0.39, 0.29) is 35.5 Å². The molecule has 2 aliphatic carbocycles. The van der Waals surface area contributed by atoms with Crippen LogP contribution in [-0.4, -0.2) is 39.4 Å². The van der Waals surface area contributed by atoms with E-state index in [4.69, 9.17) is 0 Å². The highest BCUT2D eigenvalue weighted by Gasteiger charge is 2.35. The van der Waals surface area contributed by atoms with Gasteiger partial charge in [0.1, 0.15) is 5.82 Å². The third kappa shape index (κ3) is 5.17. The minimum Gasteiger partial charge on any atom is -0.393 e. The molecule has 1 heterocycles. The van der Waals surface area contributed by atoms with Gasteiger partial charge in [-0.05, 0) is 81.7 Å². The van der Waals surface area contributed by atoms with Gasteiger partial charge in [-0.1, -0.05) is 12.8 Å². The van der Waals surface area contributed by atoms with Crippen LogP contribution in [0.3, 0.4) is 0 Å². The van der Waals surface area contributed by atoms with Crippen molar-refractivity contribution in [3.05, 3.63) is 52.1 Å². The molecule has 35 heavy (non-hydrogen) atoms. The number of nitrogens with zero attached hydrogens (tertiary/aromatic N) is 1. The summed E-state index contributed by atoms with van der Waals surface area (Å²) in [5.74, 6) is -1.94. The summed E-state index contributed by atoms with van der Waals surface area (Å²) in [6.45, 7) is 3.34. The van der Waals surface area contributed by atoms with Gasteiger partial charge in [-0.2, -0.15) is 0 Å². The summed E-state index contributed by atoms with van der Waals surface area (Å²) in [4.78, 5) is 39.7. The fraction of sp³-hybridized carbons (Fsp3) is 0.519. The zero-order chi connectivity index (χ0) is 25.3. The lowest BCUT2D eigenvalue weighted by Crippen LogP contribution is -2.42. The molecule has 0 atom stereocenters. The number of carbonyl (C=O) groups is 3. The molecule has 4 rings (SSSR count). The molecule has 0 aliphatic heterocycles. The van der Waals surface area contributed by atoms with Crippen LogP contribution in [0.4, 0.5) is 10.1 Å². The SMILES string of the molecule is Cc1cc(NC(=O)c2c(C)c(C(=O)C(=O)N[C@H]3CC[C@@H](O)CC3)n(C)c2C2CCCC2)ccc1F. The summed E-state index contributed by atoms with van der Waals surface area (Å²) in [6.07, 6.45) is 6.02. The van der Waals surface area contributed by atoms with E-state index >= 15 is 0 Å². The van der Waals surface area contributed by atoms with E-state index in [0.717, 1.165) is 31.4 Å². The Bertz CT molecular complexity index is 1140. The second-order valence-corrected chi connectivity index (χ2v) is 10.0. The molecule has 0 unspecified atom stereocenters. The Hall–Kier alpha value is -3.00. The topological polar surface area (TPSA) is 100 Å². The van der Waals surface area contributed by atoms with Crippen LogP contribution in [-0.2, 0) is 11.8 Å². The van der Waals surface area contributed by atoms with Crippen molar-refractivity contribution in [2.24, 2.45) is 7.05 Å². The van der Waals surface area contributed by atoms with Gasteiger partial charge in [-0.3, -0.25) is 14.4 Å². The van der Waals surface area contributed by atoms with Gasteiger partial charge < -0.3 is 20.3 Å². The van der Waals surface area contributed by atoms with Gasteiger partial charge in [0, 0.05) is 30.4 Å². The second kappa shape index (κ2) is 10.3. The Morgan fingerprint density at radius 3 is 2.31 bits per heavy atom. The van der Waals surface area contributed by atoms with Gasteiger partial charge in [0.25, 0.3) is 17.6 Å². The van der Waals surface area contributed by atoms with E-state index in [0.29, 0.717) is 48.1 Å². The highest BCUT2D eigenvalue weighted by molar-refractivity contribution is 6.43. The predicted octanol–water partition coefficient (Wildman–Crippen LogP) is 4.29. The molecule has 2 amide bonds. The summed E-state index contributed by atoms with van der Waals surface area (Å²) in [7, 11) is 1.75. The average Bonchev–Trinajstić information content (AvgIpc) is 3.43. The fourth-order valence-electron chi connectivity index (χ4n) is 5.63. The molecule has 1 aromatic heterocycles. The number of nitrogens with one attached hydrogen (secondary N) is 2. The van der Waals surface area contributed by atoms with Crippen molar-refractivity contribution in [1.82, 2.24) is 9.88 Å². The number of anilines is 1. The lowest BCUT2D eigenvalue weighted by Gasteiger charge is -2.25. The third-order valence-corrected chi connectivity index (χ3v) is 7.52. The number of rotatable bonds is 6. The Kier molecular flexibility index (Phi) is 7.40. The van der Waals surface area contributed by atoms with E-state index in [9.17, 15) is 23.9 Å². The predicted molar refractivity (Wildman–Crippen MR) is 131 cm³/mol. The van der Waals surface area contributed by atoms with Crippen LogP contribution in [0, 0.1) is 19.7 Å². The Labute approximate surface area is 205 Å². The first-order valence-corrected chi connectivity index (χ1v) is 12.5. The van der Waals surface area contributed by atoms with Gasteiger partial charge in [-0.15, -0.1) is 0 Å². The molecule has 2 saturated carbocycles. The molecule has 0 saturated heterocycles. The molecule has 8 heteroatoms. The van der Waals surface area contributed by atoms with E-state index in [1.807, 2.05) is 0 Å². The van der Waals surface area contributed by atoms with Crippen LogP contribution in [0.25, 0.3) is 0 Å². The van der Waals surface area contributed by atoms with Crippen LogP contribution in [0.1, 0.15) is 95.0 Å². The van der Waals surface area contributed by atoms with E-state index in [1.165, 1.54) is 12.1 Å². The largest absolute Gasteiger partial charge is 0.393 e. The zero-order valence-corrected chi connectivity index (χ0v) is 20.6. The normalized spacial score (nSPS) is 20.6. The van der Waals surface area contributed by atoms with Crippen molar-refractivity contribution in [2.45, 2.75) is 83.3 Å². The lowest BCUT2D eigenvalue weighted by atomic mass is 9.93. The Balaban J connectivity index is 1.64. The van der Waals surface area contributed by atoms with Gasteiger partial charge in [0.2, 0.25) is 0 Å². The maximum Gasteiger partial charge on any atom is 0.294 e. The number of ketones is 1. The maximum absolute atomic E-state index is 13.7. The second-order valence-electron chi connectivity index (χ2n) is 10.0. The van der Waals surface area contributed by atoms with Crippen molar-refractivity contribution >= 4 is 23.3 Å². The molecule has 2 aromatic rings. The number of carbonyl (C=O) groups excluding carboxylic acids is 3. The number of amides is 2. The number of benzene rings is 1. The maximum atomic E-state index is 13.7. The summed E-state index contributed by atoms with van der Waals surface area (Å²) < 4.78 is 15.4. The molecular formula is C27H34FN3O4. The molecule has 7 nitrogen and oxygen atoms in total. The Morgan fingerprint density at radius 1 is 1.03 bits per heavy atom. The first-order chi connectivity index (χ1) is 16.7.